The fourth-order valence-electron chi connectivity index (χ4n) is 2.15. The number of fused-ring (bicyclic) bond motifs is 1. The second-order valence-electron chi connectivity index (χ2n) is 4.62. The van der Waals surface area contributed by atoms with Crippen LogP contribution in [-0.4, -0.2) is 44.8 Å². The van der Waals surface area contributed by atoms with Crippen LogP contribution in [0, 0.1) is 0 Å². The fraction of sp³-hybridized carbons (Fsp3) is 0.385. The highest BCUT2D eigenvalue weighted by atomic mass is 127. The van der Waals surface area contributed by atoms with Crippen molar-refractivity contribution in [1.82, 2.24) is 14.3 Å². The number of nitrogens with two attached hydrogens (primary N) is 1. The van der Waals surface area contributed by atoms with Gasteiger partial charge in [-0.3, -0.25) is 0 Å². The minimum Gasteiger partial charge on any atom is -0.370 e. The van der Waals surface area contributed by atoms with Crippen LogP contribution in [0.15, 0.2) is 29.5 Å². The molecule has 1 aliphatic rings. The average molecular weight is 438 g/mol. The summed E-state index contributed by atoms with van der Waals surface area (Å²) in [6.07, 6.45) is 3.77. The van der Waals surface area contributed by atoms with Gasteiger partial charge in [0.25, 0.3) is 0 Å². The molecule has 8 heteroatoms. The van der Waals surface area contributed by atoms with Crippen LogP contribution in [0.25, 0.3) is 5.65 Å². The maximum absolute atomic E-state index is 6.03. The van der Waals surface area contributed by atoms with Gasteiger partial charge in [-0.1, -0.05) is 11.6 Å². The predicted molar refractivity (Wildman–Crippen MR) is 99.8 cm³/mol. The van der Waals surface area contributed by atoms with Crippen molar-refractivity contribution in [2.75, 3.05) is 24.6 Å². The first-order chi connectivity index (χ1) is 9.72. The first-order valence-electron chi connectivity index (χ1n) is 6.48. The highest BCUT2D eigenvalue weighted by molar-refractivity contribution is 14.0. The molecule has 0 bridgehead atoms. The van der Waals surface area contributed by atoms with Gasteiger partial charge in [-0.05, 0) is 12.1 Å². The van der Waals surface area contributed by atoms with Gasteiger partial charge in [-0.25, -0.2) is 9.98 Å². The van der Waals surface area contributed by atoms with Crippen LogP contribution < -0.4 is 5.73 Å². The van der Waals surface area contributed by atoms with Gasteiger partial charge in [-0.15, -0.1) is 24.0 Å². The van der Waals surface area contributed by atoms with E-state index in [1.807, 2.05) is 40.7 Å². The minimum atomic E-state index is 0. The molecule has 5 nitrogen and oxygen atoms in total. The van der Waals surface area contributed by atoms with E-state index in [9.17, 15) is 0 Å². The van der Waals surface area contributed by atoms with E-state index in [0.29, 0.717) is 17.5 Å². The van der Waals surface area contributed by atoms with E-state index < -0.39 is 0 Å². The van der Waals surface area contributed by atoms with Crippen LogP contribution in [0.3, 0.4) is 0 Å². The van der Waals surface area contributed by atoms with Crippen molar-refractivity contribution in [2.45, 2.75) is 6.54 Å². The molecule has 0 radical (unpaired) electrons. The quantitative estimate of drug-likeness (QED) is 0.445. The molecule has 2 N–H and O–H groups in total. The molecule has 114 valence electrons. The standard InChI is InChI=1S/C13H16ClN5S.HI/c14-10-1-2-12-17-11(9-19(12)8-10)7-16-13(15)18-3-5-20-6-4-18;/h1-2,8-9H,3-7H2,(H2,15,16);1H. The number of aliphatic imine (C=N–C) groups is 1. The number of hydrogen-bond donors (Lipinski definition) is 1. The van der Waals surface area contributed by atoms with Crippen LogP contribution in [0.2, 0.25) is 5.02 Å². The van der Waals surface area contributed by atoms with E-state index in [1.165, 1.54) is 0 Å². The molecule has 1 aliphatic heterocycles. The lowest BCUT2D eigenvalue weighted by Gasteiger charge is -2.27. The Morgan fingerprint density at radius 1 is 1.33 bits per heavy atom. The average Bonchev–Trinajstić information content (AvgIpc) is 2.87. The maximum Gasteiger partial charge on any atom is 0.191 e. The van der Waals surface area contributed by atoms with Gasteiger partial charge in [-0.2, -0.15) is 11.8 Å². The maximum atomic E-state index is 6.03. The SMILES string of the molecule is I.NC(=NCc1cn2cc(Cl)ccc2n1)N1CCSCC1. The molecular formula is C13H17ClIN5S. The normalized spacial score (nSPS) is 16.0. The summed E-state index contributed by atoms with van der Waals surface area (Å²) in [7, 11) is 0. The molecule has 0 saturated carbocycles. The molecule has 0 aromatic carbocycles. The molecule has 0 amide bonds. The van der Waals surface area contributed by atoms with Crippen molar-refractivity contribution in [3.63, 3.8) is 0 Å². The molecule has 0 atom stereocenters. The lowest BCUT2D eigenvalue weighted by molar-refractivity contribution is 0.455. The Balaban J connectivity index is 0.00000161. The topological polar surface area (TPSA) is 58.9 Å². The van der Waals surface area contributed by atoms with Gasteiger partial charge in [0.15, 0.2) is 5.96 Å². The minimum absolute atomic E-state index is 0. The van der Waals surface area contributed by atoms with Crippen molar-refractivity contribution in [2.24, 2.45) is 10.7 Å². The lowest BCUT2D eigenvalue weighted by Crippen LogP contribution is -2.42. The number of imidazole rings is 1. The molecule has 21 heavy (non-hydrogen) atoms. The number of rotatable bonds is 2. The van der Waals surface area contributed by atoms with Crippen LogP contribution in [0.4, 0.5) is 0 Å². The van der Waals surface area contributed by atoms with Gasteiger partial charge < -0.3 is 15.0 Å². The number of thioether (sulfide) groups is 1. The van der Waals surface area contributed by atoms with E-state index in [0.717, 1.165) is 35.9 Å². The Bertz CT molecular complexity index is 639. The number of aromatic nitrogens is 2. The lowest BCUT2D eigenvalue weighted by atomic mass is 10.5. The number of nitrogens with zero attached hydrogens (tertiary/aromatic N) is 4. The van der Waals surface area contributed by atoms with E-state index in [2.05, 4.69) is 14.9 Å². The molecule has 1 saturated heterocycles. The van der Waals surface area contributed by atoms with E-state index >= 15 is 0 Å². The summed E-state index contributed by atoms with van der Waals surface area (Å²) >= 11 is 7.91. The molecule has 3 heterocycles. The summed E-state index contributed by atoms with van der Waals surface area (Å²) in [6, 6.07) is 3.72. The largest absolute Gasteiger partial charge is 0.370 e. The second kappa shape index (κ2) is 7.55. The van der Waals surface area contributed by atoms with E-state index in [-0.39, 0.29) is 24.0 Å². The molecule has 3 rings (SSSR count). The first kappa shape index (κ1) is 16.7. The number of guanidine groups is 1. The van der Waals surface area contributed by atoms with Gasteiger partial charge in [0.2, 0.25) is 0 Å². The summed E-state index contributed by atoms with van der Waals surface area (Å²) < 4.78 is 1.90. The Kier molecular flexibility index (Phi) is 6.00. The summed E-state index contributed by atoms with van der Waals surface area (Å²) in [5.74, 6) is 2.84. The summed E-state index contributed by atoms with van der Waals surface area (Å²) in [5.41, 5.74) is 7.78. The third-order valence-electron chi connectivity index (χ3n) is 3.20. The third-order valence-corrected chi connectivity index (χ3v) is 4.37. The van der Waals surface area contributed by atoms with Crippen LogP contribution in [0.5, 0.6) is 0 Å². The number of halogens is 2. The summed E-state index contributed by atoms with van der Waals surface area (Å²) in [4.78, 5) is 11.1. The van der Waals surface area contributed by atoms with Gasteiger partial charge >= 0.3 is 0 Å². The van der Waals surface area contributed by atoms with Crippen LogP contribution in [-0.2, 0) is 6.54 Å². The van der Waals surface area contributed by atoms with Gasteiger partial charge in [0.05, 0.1) is 17.3 Å². The van der Waals surface area contributed by atoms with Crippen molar-refractivity contribution >= 4 is 58.9 Å². The Labute approximate surface area is 150 Å². The Morgan fingerprint density at radius 2 is 2.10 bits per heavy atom. The van der Waals surface area contributed by atoms with Gasteiger partial charge in [0, 0.05) is 37.0 Å². The van der Waals surface area contributed by atoms with Crippen molar-refractivity contribution in [3.05, 3.63) is 35.2 Å². The highest BCUT2D eigenvalue weighted by Gasteiger charge is 2.12. The van der Waals surface area contributed by atoms with E-state index in [4.69, 9.17) is 17.3 Å². The molecular weight excluding hydrogens is 421 g/mol. The van der Waals surface area contributed by atoms with Crippen molar-refractivity contribution in [3.8, 4) is 0 Å². The molecule has 0 spiro atoms. The third kappa shape index (κ3) is 4.17. The van der Waals surface area contributed by atoms with Crippen LogP contribution in [0.1, 0.15) is 5.69 Å². The second-order valence-corrected chi connectivity index (χ2v) is 6.28. The van der Waals surface area contributed by atoms with E-state index in [1.54, 1.807) is 0 Å². The fourth-order valence-corrected chi connectivity index (χ4v) is 3.22. The smallest absolute Gasteiger partial charge is 0.191 e. The zero-order valence-corrected chi connectivity index (χ0v) is 15.3. The molecule has 1 fully saturated rings. The number of hydrogen-bond acceptors (Lipinski definition) is 3. The summed E-state index contributed by atoms with van der Waals surface area (Å²) in [5, 5.41) is 0.690. The molecule has 0 aliphatic carbocycles. The molecule has 0 unspecified atom stereocenters. The number of pyridine rings is 1. The van der Waals surface area contributed by atoms with Gasteiger partial charge in [0.1, 0.15) is 5.65 Å². The Morgan fingerprint density at radius 3 is 2.86 bits per heavy atom. The highest BCUT2D eigenvalue weighted by Crippen LogP contribution is 2.13. The Hall–Kier alpha value is -0.670. The zero-order valence-electron chi connectivity index (χ0n) is 11.4. The molecule has 2 aromatic heterocycles. The molecule has 2 aromatic rings. The van der Waals surface area contributed by atoms with Crippen molar-refractivity contribution in [1.29, 1.82) is 0 Å². The predicted octanol–water partition coefficient (Wildman–Crippen LogP) is 2.47. The monoisotopic (exact) mass is 437 g/mol. The van der Waals surface area contributed by atoms with Crippen LogP contribution >= 0.6 is 47.3 Å². The summed E-state index contributed by atoms with van der Waals surface area (Å²) in [6.45, 7) is 2.44. The van der Waals surface area contributed by atoms with Crippen molar-refractivity contribution < 1.29 is 0 Å². The first-order valence-corrected chi connectivity index (χ1v) is 8.01. The zero-order chi connectivity index (χ0) is 13.9.